The number of hydrogen-bond donors (Lipinski definition) is 0. The standard InChI is InChI=1S/C14H19BrN2O3/c1-19-11-3-4-12(13(9-11)20-2)16-5-7-17(8-6-16)14(18)10-15/h3-4,9H,5-8,10H2,1-2H3. The number of carbonyl (C=O) groups is 1. The van der Waals surface area contributed by atoms with E-state index < -0.39 is 0 Å². The van der Waals surface area contributed by atoms with Crippen molar-refractivity contribution >= 4 is 27.5 Å². The molecule has 0 saturated carbocycles. The quantitative estimate of drug-likeness (QED) is 0.782. The zero-order valence-corrected chi connectivity index (χ0v) is 13.4. The molecule has 110 valence electrons. The van der Waals surface area contributed by atoms with E-state index in [-0.39, 0.29) is 5.91 Å². The Morgan fingerprint density at radius 3 is 2.45 bits per heavy atom. The fourth-order valence-electron chi connectivity index (χ4n) is 2.33. The van der Waals surface area contributed by atoms with E-state index in [1.54, 1.807) is 14.2 Å². The summed E-state index contributed by atoms with van der Waals surface area (Å²) in [7, 11) is 3.29. The first kappa shape index (κ1) is 15.0. The van der Waals surface area contributed by atoms with E-state index in [1.165, 1.54) is 0 Å². The van der Waals surface area contributed by atoms with Crippen LogP contribution in [-0.4, -0.2) is 56.5 Å². The summed E-state index contributed by atoms with van der Waals surface area (Å²) in [5.41, 5.74) is 1.04. The van der Waals surface area contributed by atoms with Crippen LogP contribution in [0.5, 0.6) is 11.5 Å². The third-order valence-corrected chi connectivity index (χ3v) is 3.95. The van der Waals surface area contributed by atoms with Crippen LogP contribution in [0.25, 0.3) is 0 Å². The Labute approximate surface area is 127 Å². The van der Waals surface area contributed by atoms with Gasteiger partial charge in [-0.3, -0.25) is 4.79 Å². The second-order valence-electron chi connectivity index (χ2n) is 4.54. The molecule has 0 atom stereocenters. The van der Waals surface area contributed by atoms with E-state index in [0.717, 1.165) is 43.4 Å². The van der Waals surface area contributed by atoms with Crippen molar-refractivity contribution in [2.45, 2.75) is 0 Å². The Hall–Kier alpha value is -1.43. The van der Waals surface area contributed by atoms with E-state index in [2.05, 4.69) is 20.8 Å². The monoisotopic (exact) mass is 342 g/mol. The van der Waals surface area contributed by atoms with Crippen LogP contribution in [0, 0.1) is 0 Å². The molecule has 1 saturated heterocycles. The van der Waals surface area contributed by atoms with Crippen LogP contribution in [0.2, 0.25) is 0 Å². The fourth-order valence-corrected chi connectivity index (χ4v) is 2.68. The lowest BCUT2D eigenvalue weighted by Crippen LogP contribution is -2.49. The van der Waals surface area contributed by atoms with Gasteiger partial charge in [0.1, 0.15) is 11.5 Å². The Bertz CT molecular complexity index is 473. The van der Waals surface area contributed by atoms with Crippen LogP contribution in [0.4, 0.5) is 5.69 Å². The number of piperazine rings is 1. The molecule has 0 spiro atoms. The summed E-state index contributed by atoms with van der Waals surface area (Å²) >= 11 is 3.21. The van der Waals surface area contributed by atoms with Gasteiger partial charge in [0.05, 0.1) is 25.2 Å². The first-order valence-electron chi connectivity index (χ1n) is 6.50. The largest absolute Gasteiger partial charge is 0.497 e. The van der Waals surface area contributed by atoms with Crippen LogP contribution >= 0.6 is 15.9 Å². The molecule has 1 amide bonds. The predicted molar refractivity (Wildman–Crippen MR) is 82.1 cm³/mol. The summed E-state index contributed by atoms with van der Waals surface area (Å²) in [6.45, 7) is 3.09. The third kappa shape index (κ3) is 3.17. The van der Waals surface area contributed by atoms with Crippen LogP contribution in [0.3, 0.4) is 0 Å². The molecule has 20 heavy (non-hydrogen) atoms. The first-order valence-corrected chi connectivity index (χ1v) is 7.62. The maximum atomic E-state index is 11.6. The van der Waals surface area contributed by atoms with Gasteiger partial charge in [-0.2, -0.15) is 0 Å². The maximum Gasteiger partial charge on any atom is 0.233 e. The van der Waals surface area contributed by atoms with Gasteiger partial charge in [0.25, 0.3) is 0 Å². The molecule has 1 heterocycles. The lowest BCUT2D eigenvalue weighted by atomic mass is 10.2. The maximum absolute atomic E-state index is 11.6. The minimum atomic E-state index is 0.145. The smallest absolute Gasteiger partial charge is 0.233 e. The van der Waals surface area contributed by atoms with Crippen molar-refractivity contribution in [1.29, 1.82) is 0 Å². The van der Waals surface area contributed by atoms with E-state index in [4.69, 9.17) is 9.47 Å². The molecule has 1 aromatic rings. The van der Waals surface area contributed by atoms with Gasteiger partial charge in [-0.1, -0.05) is 15.9 Å². The predicted octanol–water partition coefficient (Wildman–Crippen LogP) is 1.75. The molecule has 6 heteroatoms. The van der Waals surface area contributed by atoms with Gasteiger partial charge in [-0.25, -0.2) is 0 Å². The average Bonchev–Trinajstić information content (AvgIpc) is 2.53. The Morgan fingerprint density at radius 1 is 1.20 bits per heavy atom. The Balaban J connectivity index is 2.08. The molecule has 0 aromatic heterocycles. The van der Waals surface area contributed by atoms with E-state index in [9.17, 15) is 4.79 Å². The zero-order valence-electron chi connectivity index (χ0n) is 11.8. The lowest BCUT2D eigenvalue weighted by Gasteiger charge is -2.36. The number of anilines is 1. The zero-order chi connectivity index (χ0) is 14.5. The van der Waals surface area contributed by atoms with Crippen LogP contribution in [0.15, 0.2) is 18.2 Å². The van der Waals surface area contributed by atoms with Gasteiger partial charge in [0, 0.05) is 32.2 Å². The molecule has 1 aromatic carbocycles. The highest BCUT2D eigenvalue weighted by atomic mass is 79.9. The molecule has 1 aliphatic heterocycles. The normalized spacial score (nSPS) is 15.2. The molecule has 0 bridgehead atoms. The number of amides is 1. The van der Waals surface area contributed by atoms with Gasteiger partial charge in [0.15, 0.2) is 0 Å². The lowest BCUT2D eigenvalue weighted by molar-refractivity contribution is -0.128. The number of ether oxygens (including phenoxy) is 2. The summed E-state index contributed by atoms with van der Waals surface area (Å²) < 4.78 is 10.6. The molecule has 0 radical (unpaired) electrons. The highest BCUT2D eigenvalue weighted by Gasteiger charge is 2.22. The van der Waals surface area contributed by atoms with Crippen molar-refractivity contribution in [3.05, 3.63) is 18.2 Å². The van der Waals surface area contributed by atoms with Gasteiger partial charge in [0.2, 0.25) is 5.91 Å². The highest BCUT2D eigenvalue weighted by Crippen LogP contribution is 2.32. The molecule has 0 aliphatic carbocycles. The summed E-state index contributed by atoms with van der Waals surface area (Å²) in [5, 5.41) is 0.388. The number of benzene rings is 1. The Kier molecular flexibility index (Phi) is 5.11. The fraction of sp³-hybridized carbons (Fsp3) is 0.500. The molecule has 2 rings (SSSR count). The topological polar surface area (TPSA) is 42.0 Å². The Morgan fingerprint density at radius 2 is 1.90 bits per heavy atom. The van der Waals surface area contributed by atoms with Crippen molar-refractivity contribution < 1.29 is 14.3 Å². The third-order valence-electron chi connectivity index (χ3n) is 3.47. The van der Waals surface area contributed by atoms with E-state index in [0.29, 0.717) is 5.33 Å². The highest BCUT2D eigenvalue weighted by molar-refractivity contribution is 9.09. The first-order chi connectivity index (χ1) is 9.69. The molecule has 0 N–H and O–H groups in total. The van der Waals surface area contributed by atoms with Crippen molar-refractivity contribution in [2.75, 3.05) is 50.6 Å². The van der Waals surface area contributed by atoms with Crippen molar-refractivity contribution in [3.63, 3.8) is 0 Å². The molecule has 1 fully saturated rings. The van der Waals surface area contributed by atoms with E-state index in [1.807, 2.05) is 23.1 Å². The summed E-state index contributed by atoms with van der Waals surface area (Å²) in [4.78, 5) is 15.7. The molecular weight excluding hydrogens is 324 g/mol. The van der Waals surface area contributed by atoms with Crippen molar-refractivity contribution in [2.24, 2.45) is 0 Å². The second kappa shape index (κ2) is 6.83. The number of rotatable bonds is 4. The van der Waals surface area contributed by atoms with Crippen LogP contribution in [-0.2, 0) is 4.79 Å². The van der Waals surface area contributed by atoms with Crippen molar-refractivity contribution in [1.82, 2.24) is 4.90 Å². The van der Waals surface area contributed by atoms with Gasteiger partial charge in [-0.15, -0.1) is 0 Å². The summed E-state index contributed by atoms with van der Waals surface area (Å²) in [6, 6.07) is 5.80. The SMILES string of the molecule is COc1ccc(N2CCN(C(=O)CBr)CC2)c(OC)c1. The van der Waals surface area contributed by atoms with Crippen molar-refractivity contribution in [3.8, 4) is 11.5 Å². The van der Waals surface area contributed by atoms with Crippen LogP contribution < -0.4 is 14.4 Å². The summed E-state index contributed by atoms with van der Waals surface area (Å²) in [5.74, 6) is 1.72. The molecule has 0 unspecified atom stereocenters. The summed E-state index contributed by atoms with van der Waals surface area (Å²) in [6.07, 6.45) is 0. The molecule has 1 aliphatic rings. The number of nitrogens with zero attached hydrogens (tertiary/aromatic N) is 2. The number of halogens is 1. The van der Waals surface area contributed by atoms with Crippen LogP contribution in [0.1, 0.15) is 0 Å². The number of carbonyl (C=O) groups excluding carboxylic acids is 1. The molecule has 5 nitrogen and oxygen atoms in total. The minimum Gasteiger partial charge on any atom is -0.497 e. The molecular formula is C14H19BrN2O3. The van der Waals surface area contributed by atoms with Gasteiger partial charge >= 0.3 is 0 Å². The average molecular weight is 343 g/mol. The number of alkyl halides is 1. The minimum absolute atomic E-state index is 0.145. The number of methoxy groups -OCH3 is 2. The second-order valence-corrected chi connectivity index (χ2v) is 5.10. The van der Waals surface area contributed by atoms with Gasteiger partial charge < -0.3 is 19.3 Å². The van der Waals surface area contributed by atoms with E-state index >= 15 is 0 Å². The van der Waals surface area contributed by atoms with Gasteiger partial charge in [-0.05, 0) is 12.1 Å². The number of hydrogen-bond acceptors (Lipinski definition) is 4.